The largest absolute Gasteiger partial charge is 0.444 e. The van der Waals surface area contributed by atoms with Crippen molar-refractivity contribution in [2.45, 2.75) is 116 Å². The van der Waals surface area contributed by atoms with E-state index in [9.17, 15) is 31.1 Å². The monoisotopic (exact) mass is 510 g/mol. The van der Waals surface area contributed by atoms with Gasteiger partial charge >= 0.3 is 18.4 Å². The lowest BCUT2D eigenvalue weighted by atomic mass is 9.87. The third kappa shape index (κ3) is 8.58. The first-order valence-corrected chi connectivity index (χ1v) is 12.1. The highest BCUT2D eigenvalue weighted by molar-refractivity contribution is 5.69. The fraction of sp³-hybridized carbons (Fsp3) is 0.720. The number of ether oxygens (including phenoxy) is 1. The van der Waals surface area contributed by atoms with Crippen molar-refractivity contribution in [2.75, 3.05) is 0 Å². The van der Waals surface area contributed by atoms with Crippen LogP contribution in [0, 0.1) is 0 Å². The molecular formula is C25H36F6N2O2. The Balaban J connectivity index is 2.25. The lowest BCUT2D eigenvalue weighted by molar-refractivity contribution is -0.143. The van der Waals surface area contributed by atoms with Crippen molar-refractivity contribution in [2.24, 2.45) is 0 Å². The fourth-order valence-electron chi connectivity index (χ4n) is 4.62. The minimum atomic E-state index is -4.88. The van der Waals surface area contributed by atoms with Crippen LogP contribution in [0.5, 0.6) is 0 Å². The molecule has 0 radical (unpaired) electrons. The summed E-state index contributed by atoms with van der Waals surface area (Å²) >= 11 is 0. The van der Waals surface area contributed by atoms with E-state index < -0.39 is 29.1 Å². The molecule has 0 bridgehead atoms. The number of halogens is 6. The molecule has 0 aromatic heterocycles. The van der Waals surface area contributed by atoms with E-state index in [4.69, 9.17) is 4.74 Å². The number of hydrogen-bond donors (Lipinski definition) is 1. The van der Waals surface area contributed by atoms with Crippen LogP contribution in [-0.2, 0) is 23.6 Å². The number of alkyl halides is 6. The molecule has 3 atom stereocenters. The number of carbonyl (C=O) groups excluding carboxylic acids is 1. The summed E-state index contributed by atoms with van der Waals surface area (Å²) in [5.41, 5.74) is -3.38. The molecule has 1 saturated heterocycles. The molecular weight excluding hydrogens is 474 g/mol. The fourth-order valence-corrected chi connectivity index (χ4v) is 4.62. The van der Waals surface area contributed by atoms with E-state index in [0.717, 1.165) is 37.8 Å². The summed E-state index contributed by atoms with van der Waals surface area (Å²) in [5, 5.41) is 3.17. The molecule has 0 saturated carbocycles. The SMILES string of the molecule is CCC[C@@H]1C[C@H](NCc2cc(C(F)(F)F)cc(C(F)(F)F)c2)C[C@H](CCC)N1C(=O)OC(C)(C)C. The van der Waals surface area contributed by atoms with E-state index >= 15 is 0 Å². The number of piperidine rings is 1. The van der Waals surface area contributed by atoms with Crippen LogP contribution in [0.1, 0.15) is 89.8 Å². The smallest absolute Gasteiger partial charge is 0.416 e. The normalized spacial score (nSPS) is 21.8. The maximum absolute atomic E-state index is 13.2. The zero-order valence-corrected chi connectivity index (χ0v) is 20.9. The molecule has 0 aliphatic carbocycles. The summed E-state index contributed by atoms with van der Waals surface area (Å²) in [6.07, 6.45) is -5.99. The summed E-state index contributed by atoms with van der Waals surface area (Å²) in [4.78, 5) is 14.8. The Hall–Kier alpha value is -1.97. The first-order chi connectivity index (χ1) is 16.0. The lowest BCUT2D eigenvalue weighted by Gasteiger charge is -2.46. The highest BCUT2D eigenvalue weighted by Crippen LogP contribution is 2.37. The molecule has 2 rings (SSSR count). The number of hydrogen-bond acceptors (Lipinski definition) is 3. The second-order valence-corrected chi connectivity index (χ2v) is 10.2. The summed E-state index contributed by atoms with van der Waals surface area (Å²) in [7, 11) is 0. The molecule has 1 heterocycles. The van der Waals surface area contributed by atoms with Gasteiger partial charge < -0.3 is 15.0 Å². The highest BCUT2D eigenvalue weighted by Gasteiger charge is 2.40. The Labute approximate surface area is 203 Å². The molecule has 10 heteroatoms. The van der Waals surface area contributed by atoms with E-state index in [1.807, 2.05) is 13.8 Å². The summed E-state index contributed by atoms with van der Waals surface area (Å²) in [6, 6.07) is 1.22. The summed E-state index contributed by atoms with van der Waals surface area (Å²) < 4.78 is 84.9. The van der Waals surface area contributed by atoms with Gasteiger partial charge in [0.25, 0.3) is 0 Å². The molecule has 1 fully saturated rings. The van der Waals surface area contributed by atoms with Crippen molar-refractivity contribution >= 4 is 6.09 Å². The molecule has 1 amide bonds. The number of benzene rings is 1. The van der Waals surface area contributed by atoms with Crippen LogP contribution in [0.25, 0.3) is 0 Å². The second-order valence-electron chi connectivity index (χ2n) is 10.2. The number of rotatable bonds is 7. The highest BCUT2D eigenvalue weighted by atomic mass is 19.4. The van der Waals surface area contributed by atoms with Crippen LogP contribution in [0.15, 0.2) is 18.2 Å². The Kier molecular flexibility index (Phi) is 9.52. The van der Waals surface area contributed by atoms with Crippen LogP contribution in [0.3, 0.4) is 0 Å². The van der Waals surface area contributed by atoms with Gasteiger partial charge in [0.05, 0.1) is 11.1 Å². The van der Waals surface area contributed by atoms with Gasteiger partial charge in [-0.2, -0.15) is 26.3 Å². The van der Waals surface area contributed by atoms with Gasteiger partial charge in [-0.15, -0.1) is 0 Å². The molecule has 4 nitrogen and oxygen atoms in total. The third-order valence-corrected chi connectivity index (χ3v) is 5.99. The van der Waals surface area contributed by atoms with E-state index in [-0.39, 0.29) is 42.4 Å². The average molecular weight is 511 g/mol. The number of nitrogens with one attached hydrogen (secondary N) is 1. The van der Waals surface area contributed by atoms with E-state index in [1.54, 1.807) is 25.7 Å². The first-order valence-electron chi connectivity index (χ1n) is 12.1. The molecule has 35 heavy (non-hydrogen) atoms. The minimum absolute atomic E-state index is 0.0826. The van der Waals surface area contributed by atoms with E-state index in [0.29, 0.717) is 12.8 Å². The van der Waals surface area contributed by atoms with Gasteiger partial charge in [-0.05, 0) is 70.2 Å². The molecule has 1 N–H and O–H groups in total. The van der Waals surface area contributed by atoms with Crippen molar-refractivity contribution in [3.8, 4) is 0 Å². The van der Waals surface area contributed by atoms with Gasteiger partial charge in [0.2, 0.25) is 0 Å². The average Bonchev–Trinajstić information content (AvgIpc) is 2.70. The molecule has 1 aliphatic rings. The maximum atomic E-state index is 13.2. The van der Waals surface area contributed by atoms with Crippen molar-refractivity contribution in [3.05, 3.63) is 34.9 Å². The summed E-state index contributed by atoms with van der Waals surface area (Å²) in [6.45, 7) is 9.26. The predicted molar refractivity (Wildman–Crippen MR) is 122 cm³/mol. The standard InChI is InChI=1S/C25H36F6N2O2/c1-6-8-20-13-19(14-21(9-7-2)33(20)22(34)35-23(3,4)5)32-15-16-10-17(24(26,27)28)12-18(11-16)25(29,30)31/h10-12,19-21,32H,6-9,13-15H2,1-5H3/t19-,20+,21-. The second kappa shape index (κ2) is 11.4. The van der Waals surface area contributed by atoms with Crippen molar-refractivity contribution in [1.29, 1.82) is 0 Å². The minimum Gasteiger partial charge on any atom is -0.444 e. The van der Waals surface area contributed by atoms with Crippen LogP contribution >= 0.6 is 0 Å². The molecule has 1 aromatic carbocycles. The predicted octanol–water partition coefficient (Wildman–Crippen LogP) is 7.55. The molecule has 0 spiro atoms. The van der Waals surface area contributed by atoms with Gasteiger partial charge in [-0.1, -0.05) is 26.7 Å². The van der Waals surface area contributed by atoms with E-state index in [2.05, 4.69) is 5.32 Å². The van der Waals surface area contributed by atoms with Gasteiger partial charge in [0.1, 0.15) is 5.60 Å². The summed E-state index contributed by atoms with van der Waals surface area (Å²) in [5.74, 6) is 0. The van der Waals surface area contributed by atoms with Crippen LogP contribution < -0.4 is 5.32 Å². The van der Waals surface area contributed by atoms with Gasteiger partial charge in [-0.25, -0.2) is 4.79 Å². The Morgan fingerprint density at radius 3 is 1.74 bits per heavy atom. The molecule has 200 valence electrons. The van der Waals surface area contributed by atoms with Crippen LogP contribution in [0.4, 0.5) is 31.1 Å². The first kappa shape index (κ1) is 29.3. The van der Waals surface area contributed by atoms with Crippen molar-refractivity contribution in [3.63, 3.8) is 0 Å². The van der Waals surface area contributed by atoms with Crippen molar-refractivity contribution < 1.29 is 35.9 Å². The van der Waals surface area contributed by atoms with Crippen LogP contribution in [-0.4, -0.2) is 34.7 Å². The zero-order valence-electron chi connectivity index (χ0n) is 20.9. The lowest BCUT2D eigenvalue weighted by Crippen LogP contribution is -2.57. The number of amides is 1. The third-order valence-electron chi connectivity index (χ3n) is 5.99. The quantitative estimate of drug-likeness (QED) is 0.385. The Morgan fingerprint density at radius 1 is 0.914 bits per heavy atom. The molecule has 0 unspecified atom stereocenters. The van der Waals surface area contributed by atoms with Crippen molar-refractivity contribution in [1.82, 2.24) is 10.2 Å². The van der Waals surface area contributed by atoms with Gasteiger partial charge in [0.15, 0.2) is 0 Å². The number of nitrogens with zero attached hydrogens (tertiary/aromatic N) is 1. The van der Waals surface area contributed by atoms with Crippen LogP contribution in [0.2, 0.25) is 0 Å². The maximum Gasteiger partial charge on any atom is 0.416 e. The zero-order chi connectivity index (χ0) is 26.6. The molecule has 1 aliphatic heterocycles. The Bertz CT molecular complexity index is 800. The van der Waals surface area contributed by atoms with Gasteiger partial charge in [0, 0.05) is 24.7 Å². The van der Waals surface area contributed by atoms with Gasteiger partial charge in [-0.3, -0.25) is 0 Å². The topological polar surface area (TPSA) is 41.6 Å². The van der Waals surface area contributed by atoms with E-state index in [1.165, 1.54) is 0 Å². The Morgan fingerprint density at radius 2 is 1.37 bits per heavy atom. The number of likely N-dealkylation sites (tertiary alicyclic amines) is 1. The number of carbonyl (C=O) groups is 1. The molecule has 1 aromatic rings.